The molecule has 0 radical (unpaired) electrons. The number of likely N-dealkylation sites (tertiary alicyclic amines) is 1. The van der Waals surface area contributed by atoms with Crippen LogP contribution in [0.5, 0.6) is 0 Å². The average molecular weight is 922 g/mol. The van der Waals surface area contributed by atoms with Gasteiger partial charge in [-0.15, -0.1) is 0 Å². The minimum atomic E-state index is -1.59. The first-order chi connectivity index (χ1) is 31.2. The van der Waals surface area contributed by atoms with Gasteiger partial charge in [0.1, 0.15) is 36.3 Å². The number of carbonyl (C=O) groups excluding carboxylic acids is 7. The molecule has 2 aromatic carbocycles. The molecule has 362 valence electrons. The summed E-state index contributed by atoms with van der Waals surface area (Å²) in [4.78, 5) is 120. The fourth-order valence-corrected chi connectivity index (χ4v) is 7.49. The summed E-state index contributed by atoms with van der Waals surface area (Å²) in [6.07, 6.45) is -1.15. The van der Waals surface area contributed by atoms with Crippen LogP contribution in [0.1, 0.15) is 111 Å². The number of rotatable bonds is 26. The molecule has 1 heterocycles. The van der Waals surface area contributed by atoms with Gasteiger partial charge in [0.25, 0.3) is 0 Å². The van der Waals surface area contributed by atoms with Crippen LogP contribution in [0, 0.1) is 11.8 Å². The molecule has 1 saturated heterocycles. The summed E-state index contributed by atoms with van der Waals surface area (Å²) in [5, 5.41) is 34.5. The topological polar surface area (TPSA) is 279 Å². The zero-order valence-corrected chi connectivity index (χ0v) is 38.8. The van der Waals surface area contributed by atoms with Crippen molar-refractivity contribution in [1.29, 1.82) is 0 Å². The highest BCUT2D eigenvalue weighted by Crippen LogP contribution is 2.25. The number of aliphatic carboxylic acids is 2. The maximum Gasteiger partial charge on any atom is 0.305 e. The lowest BCUT2D eigenvalue weighted by atomic mass is 9.95. The van der Waals surface area contributed by atoms with Crippen molar-refractivity contribution < 1.29 is 58.1 Å². The van der Waals surface area contributed by atoms with Gasteiger partial charge < -0.3 is 51.8 Å². The van der Waals surface area contributed by atoms with Crippen molar-refractivity contribution in [1.82, 2.24) is 36.8 Å². The van der Waals surface area contributed by atoms with Crippen LogP contribution in [0.2, 0.25) is 0 Å². The summed E-state index contributed by atoms with van der Waals surface area (Å²) in [5.74, 6) is -8.96. The highest BCUT2D eigenvalue weighted by atomic mass is 16.5. The predicted octanol–water partition coefficient (Wildman–Crippen LogP) is 2.34. The summed E-state index contributed by atoms with van der Waals surface area (Å²) in [6.45, 7) is 11.8. The van der Waals surface area contributed by atoms with Gasteiger partial charge in [-0.1, -0.05) is 108 Å². The van der Waals surface area contributed by atoms with Crippen LogP contribution < -0.4 is 31.9 Å². The third kappa shape index (κ3) is 16.9. The quantitative estimate of drug-likeness (QED) is 0.0676. The molecule has 0 saturated carbocycles. The molecular weight excluding hydrogens is 855 g/mol. The zero-order valence-electron chi connectivity index (χ0n) is 38.8. The van der Waals surface area contributed by atoms with Crippen LogP contribution in [-0.4, -0.2) is 117 Å². The summed E-state index contributed by atoms with van der Waals surface area (Å²) in [7, 11) is 0. The van der Waals surface area contributed by atoms with E-state index < -0.39 is 127 Å². The normalized spacial score (nSPS) is 17.7. The molecule has 9 atom stereocenters. The molecule has 1 unspecified atom stereocenters. The van der Waals surface area contributed by atoms with Crippen LogP contribution in [0.25, 0.3) is 0 Å². The fourth-order valence-electron chi connectivity index (χ4n) is 7.49. The Morgan fingerprint density at radius 1 is 0.682 bits per heavy atom. The lowest BCUT2D eigenvalue weighted by Gasteiger charge is -2.33. The van der Waals surface area contributed by atoms with Crippen LogP contribution in [0.15, 0.2) is 60.7 Å². The van der Waals surface area contributed by atoms with Gasteiger partial charge in [0, 0.05) is 26.3 Å². The second-order valence-corrected chi connectivity index (χ2v) is 17.1. The van der Waals surface area contributed by atoms with Gasteiger partial charge >= 0.3 is 11.9 Å². The maximum absolute atomic E-state index is 14.7. The first-order valence-electron chi connectivity index (χ1n) is 22.5. The number of carboxylic acids is 2. The molecule has 0 spiro atoms. The first-order valence-corrected chi connectivity index (χ1v) is 22.5. The van der Waals surface area contributed by atoms with Crippen molar-refractivity contribution in [2.45, 2.75) is 148 Å². The highest BCUT2D eigenvalue weighted by Gasteiger charge is 2.45. The summed E-state index contributed by atoms with van der Waals surface area (Å²) in [6, 6.07) is 10.6. The number of carbonyl (C=O) groups is 9. The molecular formula is C47H67N7O12. The van der Waals surface area contributed by atoms with Gasteiger partial charge in [0.05, 0.1) is 25.2 Å². The molecule has 0 aromatic heterocycles. The van der Waals surface area contributed by atoms with E-state index in [1.54, 1.807) is 27.7 Å². The Bertz CT molecular complexity index is 1970. The minimum absolute atomic E-state index is 0.0175. The van der Waals surface area contributed by atoms with Crippen molar-refractivity contribution in [2.75, 3.05) is 6.54 Å². The van der Waals surface area contributed by atoms with E-state index in [1.807, 2.05) is 74.5 Å². The SMILES string of the molecule is CCCC(NC(=O)[C@@H]1C[C@@H](OCc2ccccc2)CN1C(=O)[C@@H](NC(=O)[C@@H](NC(=O)[C@@H](CCC(=O)O)NC(=O)[C@H](CC(=O)O)NC(C)=O)[C@@H](C)CC)C(C)C)C(=O)N[C@@H](C)c1ccccc1. The van der Waals surface area contributed by atoms with Gasteiger partial charge in [0.2, 0.25) is 41.4 Å². The standard InChI is InChI=1S/C47H67N7O12/c1-8-16-34(42(60)48-29(6)32-19-14-11-15-20-32)51-45(63)37-23-33(66-26-31-17-12-10-13-18-31)25-54(37)47(65)40(27(3)4)52-46(64)41(28(5)9-2)53-43(61)35(21-22-38(56)57)50-44(62)36(24-39(58)59)49-30(7)55/h10-15,17-20,27-29,33-37,40-41H,8-9,16,21-26H2,1-7H3,(H,48,60)(H,49,55)(H,50,62)(H,51,63)(H,52,64)(H,53,61)(H,56,57)(H,58,59)/t28-,29-,33+,34?,35+,36-,37-,40-,41-/m0/s1. The molecule has 0 bridgehead atoms. The van der Waals surface area contributed by atoms with Crippen LogP contribution in [0.3, 0.4) is 0 Å². The summed E-state index contributed by atoms with van der Waals surface area (Å²) < 4.78 is 6.23. The van der Waals surface area contributed by atoms with Crippen molar-refractivity contribution in [3.05, 3.63) is 71.8 Å². The number of amides is 7. The number of hydrogen-bond acceptors (Lipinski definition) is 10. The highest BCUT2D eigenvalue weighted by molar-refractivity contribution is 5.98. The second-order valence-electron chi connectivity index (χ2n) is 17.1. The van der Waals surface area contributed by atoms with E-state index in [1.165, 1.54) is 4.90 Å². The van der Waals surface area contributed by atoms with E-state index in [2.05, 4.69) is 31.9 Å². The van der Waals surface area contributed by atoms with Crippen molar-refractivity contribution >= 4 is 53.3 Å². The molecule has 8 N–H and O–H groups in total. The molecule has 3 rings (SSSR count). The lowest BCUT2D eigenvalue weighted by molar-refractivity contribution is -0.144. The number of nitrogens with one attached hydrogen (secondary N) is 6. The van der Waals surface area contributed by atoms with E-state index in [9.17, 15) is 53.4 Å². The van der Waals surface area contributed by atoms with Crippen molar-refractivity contribution in [2.24, 2.45) is 11.8 Å². The molecule has 7 amide bonds. The third-order valence-corrected chi connectivity index (χ3v) is 11.4. The average Bonchev–Trinajstić information content (AvgIpc) is 3.71. The largest absolute Gasteiger partial charge is 0.481 e. The molecule has 1 fully saturated rings. The maximum atomic E-state index is 14.7. The van der Waals surface area contributed by atoms with Gasteiger partial charge in [-0.25, -0.2) is 0 Å². The van der Waals surface area contributed by atoms with Gasteiger partial charge in [-0.05, 0) is 42.7 Å². The van der Waals surface area contributed by atoms with Crippen molar-refractivity contribution in [3.63, 3.8) is 0 Å². The van der Waals surface area contributed by atoms with Crippen LogP contribution >= 0.6 is 0 Å². The Labute approximate surface area is 385 Å². The number of hydrogen-bond donors (Lipinski definition) is 8. The number of benzene rings is 2. The fraction of sp³-hybridized carbons (Fsp3) is 0.553. The minimum Gasteiger partial charge on any atom is -0.481 e. The second kappa shape index (κ2) is 26.6. The Balaban J connectivity index is 1.90. The van der Waals surface area contributed by atoms with Crippen molar-refractivity contribution in [3.8, 4) is 0 Å². The van der Waals surface area contributed by atoms with E-state index in [-0.39, 0.29) is 25.6 Å². The molecule has 19 heteroatoms. The van der Waals surface area contributed by atoms with E-state index >= 15 is 0 Å². The molecule has 1 aliphatic rings. The monoisotopic (exact) mass is 921 g/mol. The Kier molecular flexibility index (Phi) is 21.7. The smallest absolute Gasteiger partial charge is 0.305 e. The Morgan fingerprint density at radius 2 is 1.26 bits per heavy atom. The van der Waals surface area contributed by atoms with Gasteiger partial charge in [0.15, 0.2) is 0 Å². The molecule has 19 nitrogen and oxygen atoms in total. The summed E-state index contributed by atoms with van der Waals surface area (Å²) >= 11 is 0. The molecule has 66 heavy (non-hydrogen) atoms. The predicted molar refractivity (Wildman–Crippen MR) is 242 cm³/mol. The van der Waals surface area contributed by atoms with Crippen LogP contribution in [0.4, 0.5) is 0 Å². The number of carboxylic acid groups (broad SMARTS) is 2. The lowest BCUT2D eigenvalue weighted by Crippen LogP contribution is -2.61. The third-order valence-electron chi connectivity index (χ3n) is 11.4. The van der Waals surface area contributed by atoms with E-state index in [4.69, 9.17) is 4.74 Å². The van der Waals surface area contributed by atoms with Gasteiger partial charge in [-0.3, -0.25) is 43.2 Å². The molecule has 2 aromatic rings. The van der Waals surface area contributed by atoms with E-state index in [0.717, 1.165) is 18.1 Å². The van der Waals surface area contributed by atoms with E-state index in [0.29, 0.717) is 19.3 Å². The molecule has 1 aliphatic heterocycles. The summed E-state index contributed by atoms with van der Waals surface area (Å²) in [5.41, 5.74) is 1.75. The van der Waals surface area contributed by atoms with Crippen LogP contribution in [-0.2, 0) is 54.5 Å². The number of nitrogens with zero attached hydrogens (tertiary/aromatic N) is 1. The number of ether oxygens (including phenoxy) is 1. The molecule has 0 aliphatic carbocycles. The first kappa shape index (κ1) is 54.0. The Morgan fingerprint density at radius 3 is 1.82 bits per heavy atom. The van der Waals surface area contributed by atoms with Gasteiger partial charge in [-0.2, -0.15) is 0 Å². The zero-order chi connectivity index (χ0) is 49.1. The Hall–Kier alpha value is -6.37.